The van der Waals surface area contributed by atoms with Crippen molar-refractivity contribution in [3.05, 3.63) is 34.9 Å². The number of likely N-dealkylation sites (tertiary alicyclic amines) is 1. The molecule has 5 heteroatoms. The molecule has 1 N–H and O–H groups in total. The summed E-state index contributed by atoms with van der Waals surface area (Å²) in [6.07, 6.45) is 9.00. The Balaban J connectivity index is 1.22. The van der Waals surface area contributed by atoms with Crippen LogP contribution in [0.3, 0.4) is 0 Å². The Morgan fingerprint density at radius 2 is 1.50 bits per heavy atom. The molecule has 4 bridgehead atoms. The molecule has 0 unspecified atom stereocenters. The van der Waals surface area contributed by atoms with E-state index in [2.05, 4.69) is 31.3 Å². The van der Waals surface area contributed by atoms with Crippen molar-refractivity contribution in [1.82, 2.24) is 10.2 Å². The molecule has 2 amide bonds. The van der Waals surface area contributed by atoms with Gasteiger partial charge in [0.1, 0.15) is 6.04 Å². The minimum absolute atomic E-state index is 0.0920. The monoisotopic (exact) mass is 456 g/mol. The lowest BCUT2D eigenvalue weighted by Crippen LogP contribution is -2.59. The number of hydrogen-bond donors (Lipinski definition) is 1. The lowest BCUT2D eigenvalue weighted by atomic mass is 9.49. The fraction of sp³-hybridized carbons (Fsp3) is 0.704. The molecule has 174 valence electrons. The number of benzene rings is 1. The molecule has 32 heavy (non-hydrogen) atoms. The number of nitrogens with one attached hydrogen (secondary N) is 1. The summed E-state index contributed by atoms with van der Waals surface area (Å²) in [6, 6.07) is 7.69. The molecular formula is C27H37ClN2O2. The van der Waals surface area contributed by atoms with Crippen LogP contribution in [0.2, 0.25) is 5.02 Å². The highest BCUT2D eigenvalue weighted by atomic mass is 35.5. The van der Waals surface area contributed by atoms with Gasteiger partial charge in [0.2, 0.25) is 11.8 Å². The first-order valence-corrected chi connectivity index (χ1v) is 13.1. The fourth-order valence-corrected chi connectivity index (χ4v) is 7.69. The van der Waals surface area contributed by atoms with Crippen molar-refractivity contribution >= 4 is 23.4 Å². The van der Waals surface area contributed by atoms with Crippen molar-refractivity contribution < 1.29 is 9.59 Å². The van der Waals surface area contributed by atoms with Crippen molar-refractivity contribution in [3.8, 4) is 0 Å². The summed E-state index contributed by atoms with van der Waals surface area (Å²) < 4.78 is 0. The van der Waals surface area contributed by atoms with Crippen LogP contribution in [0.1, 0.15) is 76.7 Å². The lowest BCUT2D eigenvalue weighted by Gasteiger charge is -2.56. The first kappa shape index (κ1) is 22.3. The molecule has 5 aliphatic rings. The maximum Gasteiger partial charge on any atom is 0.245 e. The highest BCUT2D eigenvalue weighted by molar-refractivity contribution is 6.30. The third kappa shape index (κ3) is 4.20. The molecule has 4 aliphatic carbocycles. The molecule has 1 aromatic carbocycles. The molecule has 0 aromatic heterocycles. The van der Waals surface area contributed by atoms with Gasteiger partial charge in [0.25, 0.3) is 0 Å². The minimum Gasteiger partial charge on any atom is -0.344 e. The average molecular weight is 457 g/mol. The Kier molecular flexibility index (Phi) is 6.03. The largest absolute Gasteiger partial charge is 0.344 e. The molecule has 6 rings (SSSR count). The van der Waals surface area contributed by atoms with E-state index in [0.29, 0.717) is 5.92 Å². The second-order valence-electron chi connectivity index (χ2n) is 11.5. The van der Waals surface area contributed by atoms with Gasteiger partial charge in [-0.3, -0.25) is 9.59 Å². The number of amides is 2. The van der Waals surface area contributed by atoms with Crippen LogP contribution in [0, 0.1) is 29.1 Å². The van der Waals surface area contributed by atoms with Crippen LogP contribution in [0.25, 0.3) is 0 Å². The molecule has 1 heterocycles. The third-order valence-electron chi connectivity index (χ3n) is 8.89. The molecular weight excluding hydrogens is 420 g/mol. The highest BCUT2D eigenvalue weighted by Gasteiger charge is 2.55. The van der Waals surface area contributed by atoms with Gasteiger partial charge in [-0.25, -0.2) is 0 Å². The van der Waals surface area contributed by atoms with E-state index in [0.717, 1.165) is 68.0 Å². The third-order valence-corrected chi connectivity index (χ3v) is 9.14. The van der Waals surface area contributed by atoms with Gasteiger partial charge < -0.3 is 10.2 Å². The summed E-state index contributed by atoms with van der Waals surface area (Å²) in [5.41, 5.74) is 1.10. The number of hydrogen-bond acceptors (Lipinski definition) is 2. The van der Waals surface area contributed by atoms with Crippen LogP contribution in [0.4, 0.5) is 0 Å². The Morgan fingerprint density at radius 1 is 0.969 bits per heavy atom. The maximum atomic E-state index is 13.6. The number of halogens is 1. The predicted octanol–water partition coefficient (Wildman–Crippen LogP) is 5.40. The van der Waals surface area contributed by atoms with Crippen molar-refractivity contribution in [3.63, 3.8) is 0 Å². The summed E-state index contributed by atoms with van der Waals surface area (Å²) in [5.74, 6) is 3.02. The second-order valence-corrected chi connectivity index (χ2v) is 12.0. The van der Waals surface area contributed by atoms with Crippen LogP contribution in [-0.4, -0.2) is 35.8 Å². The Labute approximate surface area is 197 Å². The number of rotatable bonds is 5. The van der Waals surface area contributed by atoms with Crippen LogP contribution in [0.15, 0.2) is 24.3 Å². The van der Waals surface area contributed by atoms with Gasteiger partial charge in [-0.05, 0) is 98.7 Å². The van der Waals surface area contributed by atoms with E-state index in [1.54, 1.807) is 0 Å². The highest BCUT2D eigenvalue weighted by Crippen LogP contribution is 2.60. The topological polar surface area (TPSA) is 49.4 Å². The molecule has 4 nitrogen and oxygen atoms in total. The van der Waals surface area contributed by atoms with E-state index >= 15 is 0 Å². The van der Waals surface area contributed by atoms with Gasteiger partial charge in [0.05, 0.1) is 0 Å². The zero-order chi connectivity index (χ0) is 22.5. The van der Waals surface area contributed by atoms with E-state index in [-0.39, 0.29) is 23.1 Å². The molecule has 0 radical (unpaired) electrons. The summed E-state index contributed by atoms with van der Waals surface area (Å²) >= 11 is 6.03. The van der Waals surface area contributed by atoms with E-state index in [1.165, 1.54) is 24.8 Å². The number of piperidine rings is 1. The maximum absolute atomic E-state index is 13.6. The van der Waals surface area contributed by atoms with Gasteiger partial charge in [-0.1, -0.05) is 37.6 Å². The fourth-order valence-electron chi connectivity index (χ4n) is 7.56. The first-order chi connectivity index (χ1) is 15.3. The Morgan fingerprint density at radius 3 is 2.00 bits per heavy atom. The molecule has 0 spiro atoms. The summed E-state index contributed by atoms with van der Waals surface area (Å²) in [4.78, 5) is 29.0. The van der Waals surface area contributed by atoms with Gasteiger partial charge in [0.15, 0.2) is 0 Å². The van der Waals surface area contributed by atoms with E-state index in [4.69, 9.17) is 11.6 Å². The molecule has 1 saturated heterocycles. The smallest absolute Gasteiger partial charge is 0.245 e. The zero-order valence-electron chi connectivity index (χ0n) is 19.5. The standard InChI is InChI=1S/C27H37ClN2O2/c1-17(2)24(29-26(32)27-14-18-11-19(15-27)13-20(12-18)16-27)25(31)30-9-7-22(8-10-30)21-3-5-23(28)6-4-21/h3-6,17-20,22,24H,7-16H2,1-2H3,(H,29,32)/t18?,19?,20?,24-,27?/m1/s1. The molecule has 1 aromatic rings. The van der Waals surface area contributed by atoms with Crippen LogP contribution in [-0.2, 0) is 9.59 Å². The number of nitrogens with zero attached hydrogens (tertiary/aromatic N) is 1. The van der Waals surface area contributed by atoms with E-state index in [1.807, 2.05) is 17.0 Å². The Hall–Kier alpha value is -1.55. The van der Waals surface area contributed by atoms with Gasteiger partial charge in [0, 0.05) is 23.5 Å². The molecule has 5 fully saturated rings. The quantitative estimate of drug-likeness (QED) is 0.644. The normalized spacial score (nSPS) is 32.9. The lowest BCUT2D eigenvalue weighted by molar-refractivity contribution is -0.151. The summed E-state index contributed by atoms with van der Waals surface area (Å²) in [6.45, 7) is 5.62. The second kappa shape index (κ2) is 8.66. The first-order valence-electron chi connectivity index (χ1n) is 12.7. The minimum atomic E-state index is -0.414. The summed E-state index contributed by atoms with van der Waals surface area (Å²) in [7, 11) is 0. The van der Waals surface area contributed by atoms with Crippen LogP contribution in [0.5, 0.6) is 0 Å². The molecule has 1 atom stereocenters. The molecule has 4 saturated carbocycles. The average Bonchev–Trinajstić information content (AvgIpc) is 2.76. The van der Waals surface area contributed by atoms with E-state index < -0.39 is 6.04 Å². The van der Waals surface area contributed by atoms with Crippen molar-refractivity contribution in [2.45, 2.75) is 77.2 Å². The van der Waals surface area contributed by atoms with Crippen molar-refractivity contribution in [1.29, 1.82) is 0 Å². The Bertz CT molecular complexity index is 822. The van der Waals surface area contributed by atoms with Gasteiger partial charge >= 0.3 is 0 Å². The van der Waals surface area contributed by atoms with Gasteiger partial charge in [-0.2, -0.15) is 0 Å². The predicted molar refractivity (Wildman–Crippen MR) is 127 cm³/mol. The van der Waals surface area contributed by atoms with Crippen molar-refractivity contribution in [2.75, 3.05) is 13.1 Å². The number of carbonyl (C=O) groups is 2. The molecule has 1 aliphatic heterocycles. The van der Waals surface area contributed by atoms with Crippen molar-refractivity contribution in [2.24, 2.45) is 29.1 Å². The zero-order valence-corrected chi connectivity index (χ0v) is 20.2. The summed E-state index contributed by atoms with van der Waals surface area (Å²) in [5, 5.41) is 4.03. The van der Waals surface area contributed by atoms with Gasteiger partial charge in [-0.15, -0.1) is 0 Å². The number of carbonyl (C=O) groups excluding carboxylic acids is 2. The van der Waals surface area contributed by atoms with Crippen LogP contribution >= 0.6 is 11.6 Å². The van der Waals surface area contributed by atoms with Crippen LogP contribution < -0.4 is 5.32 Å². The van der Waals surface area contributed by atoms with E-state index in [9.17, 15) is 9.59 Å². The SMILES string of the molecule is CC(C)[C@@H](NC(=O)C12CC3CC(CC(C3)C1)C2)C(=O)N1CCC(c2ccc(Cl)cc2)CC1.